The molecule has 166 valence electrons. The molecular weight excluding hydrogens is 380 g/mol. The molecule has 6 aliphatic rings. The predicted molar refractivity (Wildman–Crippen MR) is 111 cm³/mol. The lowest BCUT2D eigenvalue weighted by atomic mass is 9.46. The van der Waals surface area contributed by atoms with Crippen molar-refractivity contribution in [2.24, 2.45) is 28.6 Å². The average Bonchev–Trinajstić information content (AvgIpc) is 3.18. The van der Waals surface area contributed by atoms with Crippen molar-refractivity contribution in [2.45, 2.75) is 96.2 Å². The third kappa shape index (κ3) is 2.27. The van der Waals surface area contributed by atoms with Crippen molar-refractivity contribution in [3.05, 3.63) is 11.6 Å². The zero-order valence-electron chi connectivity index (χ0n) is 18.9. The van der Waals surface area contributed by atoms with Gasteiger partial charge in [-0.2, -0.15) is 0 Å². The van der Waals surface area contributed by atoms with Gasteiger partial charge in [-0.1, -0.05) is 25.5 Å². The zero-order valence-corrected chi connectivity index (χ0v) is 18.9. The van der Waals surface area contributed by atoms with Crippen LogP contribution in [0.2, 0.25) is 0 Å². The van der Waals surface area contributed by atoms with E-state index < -0.39 is 5.79 Å². The number of carbonyl (C=O) groups is 1. The highest BCUT2D eigenvalue weighted by molar-refractivity contribution is 5.66. The largest absolute Gasteiger partial charge is 0.462 e. The van der Waals surface area contributed by atoms with Gasteiger partial charge in [0.2, 0.25) is 0 Å². The standard InChI is InChI=1S/C25H36O5/c1-15(26)29-17-7-9-22(2)16(13-17)5-6-18-19(22)8-10-23(3)20(18)14-21-25(23,30-21)24(4)27-11-12-28-24/h5,17-21H,6-14H2,1-4H3/t17?,18?,19?,20?,21-,22?,23?,25-/m1/s1. The van der Waals surface area contributed by atoms with Gasteiger partial charge >= 0.3 is 5.97 Å². The molecule has 6 unspecified atom stereocenters. The van der Waals surface area contributed by atoms with Crippen LogP contribution in [0.4, 0.5) is 0 Å². The van der Waals surface area contributed by atoms with Crippen molar-refractivity contribution in [1.82, 2.24) is 0 Å². The molecule has 2 aliphatic heterocycles. The van der Waals surface area contributed by atoms with Crippen LogP contribution in [-0.4, -0.2) is 42.8 Å². The van der Waals surface area contributed by atoms with Gasteiger partial charge in [0, 0.05) is 18.8 Å². The van der Waals surface area contributed by atoms with E-state index in [0.29, 0.717) is 25.0 Å². The maximum atomic E-state index is 11.5. The lowest BCUT2D eigenvalue weighted by Crippen LogP contribution is -2.59. The molecule has 5 nitrogen and oxygen atoms in total. The van der Waals surface area contributed by atoms with Crippen molar-refractivity contribution in [3.63, 3.8) is 0 Å². The van der Waals surface area contributed by atoms with E-state index in [1.165, 1.54) is 19.8 Å². The number of ether oxygens (including phenoxy) is 4. The first-order chi connectivity index (χ1) is 14.2. The van der Waals surface area contributed by atoms with Crippen molar-refractivity contribution in [1.29, 1.82) is 0 Å². The number of fused-ring (bicyclic) bond motifs is 7. The summed E-state index contributed by atoms with van der Waals surface area (Å²) >= 11 is 0. The van der Waals surface area contributed by atoms with Gasteiger partial charge in [-0.3, -0.25) is 4.79 Å². The molecule has 2 heterocycles. The molecule has 0 spiro atoms. The van der Waals surface area contributed by atoms with Crippen LogP contribution >= 0.6 is 0 Å². The summed E-state index contributed by atoms with van der Waals surface area (Å²) in [5.41, 5.74) is 1.67. The SMILES string of the molecule is CC(=O)OC1CCC2(C)C(=CCC3C2CCC2(C)C3C[C@H]3O[C@]32C2(C)OCCO2)C1. The Morgan fingerprint density at radius 1 is 1.10 bits per heavy atom. The predicted octanol–water partition coefficient (Wildman–Crippen LogP) is 4.39. The summed E-state index contributed by atoms with van der Waals surface area (Å²) in [6, 6.07) is 0. The average molecular weight is 417 g/mol. The van der Waals surface area contributed by atoms with Crippen LogP contribution in [0.1, 0.15) is 72.6 Å². The highest BCUT2D eigenvalue weighted by atomic mass is 16.8. The minimum absolute atomic E-state index is 0.0691. The number of hydrogen-bond donors (Lipinski definition) is 0. The third-order valence-electron chi connectivity index (χ3n) is 10.3. The lowest BCUT2D eigenvalue weighted by molar-refractivity contribution is -0.234. The second-order valence-electron chi connectivity index (χ2n) is 11.4. The topological polar surface area (TPSA) is 57.3 Å². The Morgan fingerprint density at radius 2 is 1.87 bits per heavy atom. The molecule has 0 N–H and O–H groups in total. The van der Waals surface area contributed by atoms with Crippen LogP contribution < -0.4 is 0 Å². The zero-order chi connectivity index (χ0) is 20.9. The smallest absolute Gasteiger partial charge is 0.302 e. The highest BCUT2D eigenvalue weighted by Gasteiger charge is 2.84. The van der Waals surface area contributed by atoms with Gasteiger partial charge in [-0.05, 0) is 68.6 Å². The maximum Gasteiger partial charge on any atom is 0.302 e. The molecule has 5 heteroatoms. The Bertz CT molecular complexity index is 799. The van der Waals surface area contributed by atoms with Gasteiger partial charge in [0.1, 0.15) is 6.10 Å². The minimum atomic E-state index is -0.588. The number of carbonyl (C=O) groups excluding carboxylic acids is 1. The molecule has 0 aromatic heterocycles. The molecule has 3 saturated carbocycles. The van der Waals surface area contributed by atoms with Crippen LogP contribution in [0.25, 0.3) is 0 Å². The molecule has 0 aromatic rings. The minimum Gasteiger partial charge on any atom is -0.462 e. The fraction of sp³-hybridized carbons (Fsp3) is 0.880. The number of esters is 1. The van der Waals surface area contributed by atoms with Crippen LogP contribution in [0.5, 0.6) is 0 Å². The molecule has 30 heavy (non-hydrogen) atoms. The Balaban J connectivity index is 1.29. The van der Waals surface area contributed by atoms with E-state index in [1.807, 2.05) is 0 Å². The third-order valence-corrected chi connectivity index (χ3v) is 10.3. The van der Waals surface area contributed by atoms with Crippen LogP contribution in [0.3, 0.4) is 0 Å². The quantitative estimate of drug-likeness (QED) is 0.380. The molecule has 2 saturated heterocycles. The summed E-state index contributed by atoms with van der Waals surface area (Å²) in [7, 11) is 0. The fourth-order valence-corrected chi connectivity index (χ4v) is 8.96. The van der Waals surface area contributed by atoms with Crippen molar-refractivity contribution in [2.75, 3.05) is 13.2 Å². The van der Waals surface area contributed by atoms with E-state index in [0.717, 1.165) is 38.0 Å². The summed E-state index contributed by atoms with van der Waals surface area (Å²) in [5.74, 6) is 1.37. The van der Waals surface area contributed by atoms with Gasteiger partial charge in [0.15, 0.2) is 11.4 Å². The maximum absolute atomic E-state index is 11.5. The van der Waals surface area contributed by atoms with Gasteiger partial charge in [-0.15, -0.1) is 0 Å². The number of epoxide rings is 1. The van der Waals surface area contributed by atoms with E-state index in [-0.39, 0.29) is 34.6 Å². The molecule has 0 bridgehead atoms. The molecule has 6 rings (SSSR count). The summed E-state index contributed by atoms with van der Waals surface area (Å²) < 4.78 is 24.4. The van der Waals surface area contributed by atoms with E-state index in [4.69, 9.17) is 18.9 Å². The van der Waals surface area contributed by atoms with Crippen molar-refractivity contribution < 1.29 is 23.7 Å². The van der Waals surface area contributed by atoms with E-state index in [9.17, 15) is 4.79 Å². The van der Waals surface area contributed by atoms with Crippen molar-refractivity contribution >= 4 is 5.97 Å². The van der Waals surface area contributed by atoms with Gasteiger partial charge in [0.25, 0.3) is 0 Å². The Labute approximate surface area is 179 Å². The summed E-state index contributed by atoms with van der Waals surface area (Å²) in [6.45, 7) is 9.97. The number of allylic oxidation sites excluding steroid dienone is 1. The first kappa shape index (κ1) is 19.8. The molecular formula is C25H36O5. The Morgan fingerprint density at radius 3 is 2.60 bits per heavy atom. The Hall–Kier alpha value is -0.910. The number of hydrogen-bond acceptors (Lipinski definition) is 5. The molecule has 5 fully saturated rings. The molecule has 8 atom stereocenters. The monoisotopic (exact) mass is 416 g/mol. The highest BCUT2D eigenvalue weighted by Crippen LogP contribution is 2.76. The van der Waals surface area contributed by atoms with Crippen LogP contribution in [0, 0.1) is 28.6 Å². The Kier molecular flexibility index (Phi) is 4.02. The number of rotatable bonds is 2. The molecule has 0 aromatic carbocycles. The summed E-state index contributed by atoms with van der Waals surface area (Å²) in [5, 5.41) is 0. The second-order valence-corrected chi connectivity index (χ2v) is 11.4. The first-order valence-electron chi connectivity index (χ1n) is 12.1. The van der Waals surface area contributed by atoms with Crippen molar-refractivity contribution in [3.8, 4) is 0 Å². The lowest BCUT2D eigenvalue weighted by Gasteiger charge is -2.59. The second kappa shape index (κ2) is 6.11. The normalized spacial score (nSPS) is 53.1. The van der Waals surface area contributed by atoms with E-state index in [1.54, 1.807) is 5.57 Å². The van der Waals surface area contributed by atoms with Crippen LogP contribution in [0.15, 0.2) is 11.6 Å². The molecule has 0 amide bonds. The fourth-order valence-electron chi connectivity index (χ4n) is 8.96. The van der Waals surface area contributed by atoms with Gasteiger partial charge in [0.05, 0.1) is 19.3 Å². The van der Waals surface area contributed by atoms with Gasteiger partial charge < -0.3 is 18.9 Å². The molecule has 0 radical (unpaired) electrons. The first-order valence-corrected chi connectivity index (χ1v) is 12.1. The van der Waals surface area contributed by atoms with Crippen LogP contribution in [-0.2, 0) is 23.7 Å². The van der Waals surface area contributed by atoms with E-state index in [2.05, 4.69) is 26.8 Å². The summed E-state index contributed by atoms with van der Waals surface area (Å²) in [4.78, 5) is 11.5. The van der Waals surface area contributed by atoms with E-state index >= 15 is 0 Å². The van der Waals surface area contributed by atoms with Gasteiger partial charge in [-0.25, -0.2) is 0 Å². The summed E-state index contributed by atoms with van der Waals surface area (Å²) in [6.07, 6.45) is 10.7. The molecule has 4 aliphatic carbocycles.